The predicted molar refractivity (Wildman–Crippen MR) is 77.8 cm³/mol. The number of carbonyl (C=O) groups is 1. The molecule has 0 radical (unpaired) electrons. The van der Waals surface area contributed by atoms with Crippen molar-refractivity contribution < 1.29 is 9.90 Å². The molecule has 3 nitrogen and oxygen atoms in total. The maximum absolute atomic E-state index is 12.3. The molecule has 0 spiro atoms. The van der Waals surface area contributed by atoms with Crippen molar-refractivity contribution in [1.29, 1.82) is 0 Å². The molecule has 1 aliphatic rings. The van der Waals surface area contributed by atoms with E-state index < -0.39 is 5.60 Å². The van der Waals surface area contributed by atoms with Crippen molar-refractivity contribution in [2.24, 2.45) is 11.3 Å². The number of hydrogen-bond acceptors (Lipinski definition) is 3. The molecule has 1 aliphatic carbocycles. The van der Waals surface area contributed by atoms with Gasteiger partial charge in [-0.25, -0.2) is 0 Å². The Balaban J connectivity index is 2.48. The van der Waals surface area contributed by atoms with Gasteiger partial charge in [-0.1, -0.05) is 26.7 Å². The summed E-state index contributed by atoms with van der Waals surface area (Å²) in [6.45, 7) is 6.17. The highest BCUT2D eigenvalue weighted by Gasteiger charge is 2.38. The van der Waals surface area contributed by atoms with Crippen LogP contribution in [0.2, 0.25) is 0 Å². The lowest BCUT2D eigenvalue weighted by Crippen LogP contribution is -2.48. The Morgan fingerprint density at radius 1 is 1.33 bits per heavy atom. The summed E-state index contributed by atoms with van der Waals surface area (Å²) in [5.41, 5.74) is -1.13. The molecule has 0 saturated heterocycles. The Morgan fingerprint density at radius 3 is 2.39 bits per heavy atom. The van der Waals surface area contributed by atoms with Crippen LogP contribution in [-0.2, 0) is 4.79 Å². The predicted octanol–water partition coefficient (Wildman–Crippen LogP) is 2.43. The first kappa shape index (κ1) is 15.8. The lowest BCUT2D eigenvalue weighted by atomic mass is 9.77. The maximum Gasteiger partial charge on any atom is 0.226 e. The highest BCUT2D eigenvalue weighted by molar-refractivity contribution is 7.98. The SMILES string of the molecule is CSCC(C)(O)CNC(=O)C(C)(C)C1CCCC1. The van der Waals surface area contributed by atoms with Crippen molar-refractivity contribution in [3.63, 3.8) is 0 Å². The average Bonchev–Trinajstić information content (AvgIpc) is 2.79. The number of nitrogens with one attached hydrogen (secondary N) is 1. The fraction of sp³-hybridized carbons (Fsp3) is 0.929. The van der Waals surface area contributed by atoms with Gasteiger partial charge in [0.15, 0.2) is 0 Å². The molecule has 1 saturated carbocycles. The van der Waals surface area contributed by atoms with Crippen LogP contribution in [0, 0.1) is 11.3 Å². The molecular formula is C14H27NO2S. The van der Waals surface area contributed by atoms with Crippen LogP contribution < -0.4 is 5.32 Å². The van der Waals surface area contributed by atoms with E-state index in [1.165, 1.54) is 12.8 Å². The van der Waals surface area contributed by atoms with E-state index in [0.29, 0.717) is 18.2 Å². The first-order valence-electron chi connectivity index (χ1n) is 6.79. The molecule has 0 heterocycles. The third kappa shape index (κ3) is 4.16. The number of carbonyl (C=O) groups excluding carboxylic acids is 1. The van der Waals surface area contributed by atoms with Crippen molar-refractivity contribution >= 4 is 17.7 Å². The van der Waals surface area contributed by atoms with Crippen LogP contribution in [0.3, 0.4) is 0 Å². The summed E-state index contributed by atoms with van der Waals surface area (Å²) >= 11 is 1.59. The second kappa shape index (κ2) is 6.29. The molecular weight excluding hydrogens is 246 g/mol. The molecule has 1 unspecified atom stereocenters. The normalized spacial score (nSPS) is 20.7. The van der Waals surface area contributed by atoms with Crippen molar-refractivity contribution in [1.82, 2.24) is 5.32 Å². The van der Waals surface area contributed by atoms with Gasteiger partial charge in [-0.05, 0) is 31.9 Å². The van der Waals surface area contributed by atoms with Crippen molar-refractivity contribution in [2.45, 2.75) is 52.1 Å². The third-order valence-electron chi connectivity index (χ3n) is 4.05. The number of aliphatic hydroxyl groups is 1. The van der Waals surface area contributed by atoms with Crippen LogP contribution in [-0.4, -0.2) is 35.2 Å². The molecule has 0 aromatic carbocycles. The smallest absolute Gasteiger partial charge is 0.226 e. The van der Waals surface area contributed by atoms with Crippen molar-refractivity contribution in [2.75, 3.05) is 18.6 Å². The number of hydrogen-bond donors (Lipinski definition) is 2. The first-order chi connectivity index (χ1) is 8.29. The molecule has 1 amide bonds. The molecule has 1 rings (SSSR count). The van der Waals surface area contributed by atoms with Crippen molar-refractivity contribution in [3.05, 3.63) is 0 Å². The van der Waals surface area contributed by atoms with E-state index in [4.69, 9.17) is 0 Å². The highest BCUT2D eigenvalue weighted by Crippen LogP contribution is 2.39. The van der Waals surface area contributed by atoms with Crippen LogP contribution in [0.25, 0.3) is 0 Å². The Kier molecular flexibility index (Phi) is 5.53. The molecule has 1 fully saturated rings. The molecule has 0 aromatic heterocycles. The Hall–Kier alpha value is -0.220. The summed E-state index contributed by atoms with van der Waals surface area (Å²) in [6, 6.07) is 0. The minimum Gasteiger partial charge on any atom is -0.387 e. The minimum absolute atomic E-state index is 0.0794. The van der Waals surface area contributed by atoms with Crippen molar-refractivity contribution in [3.8, 4) is 0 Å². The molecule has 4 heteroatoms. The number of thioether (sulfide) groups is 1. The van der Waals surface area contributed by atoms with E-state index in [-0.39, 0.29) is 11.3 Å². The van der Waals surface area contributed by atoms with Gasteiger partial charge in [0.2, 0.25) is 5.91 Å². The Labute approximate surface area is 115 Å². The van der Waals surface area contributed by atoms with Gasteiger partial charge in [-0.3, -0.25) is 4.79 Å². The van der Waals surface area contributed by atoms with E-state index in [2.05, 4.69) is 5.32 Å². The van der Waals surface area contributed by atoms with Gasteiger partial charge in [0.05, 0.1) is 5.60 Å². The molecule has 0 aromatic rings. The quantitative estimate of drug-likeness (QED) is 0.781. The lowest BCUT2D eigenvalue weighted by molar-refractivity contribution is -0.133. The van der Waals surface area contributed by atoms with Gasteiger partial charge in [-0.15, -0.1) is 0 Å². The summed E-state index contributed by atoms with van der Waals surface area (Å²) in [6.07, 6.45) is 6.75. The minimum atomic E-state index is -0.819. The molecule has 106 valence electrons. The highest BCUT2D eigenvalue weighted by atomic mass is 32.2. The van der Waals surface area contributed by atoms with E-state index in [0.717, 1.165) is 12.8 Å². The van der Waals surface area contributed by atoms with Gasteiger partial charge in [0, 0.05) is 17.7 Å². The Bertz CT molecular complexity index is 284. The fourth-order valence-corrected chi connectivity index (χ4v) is 3.42. The Morgan fingerprint density at radius 2 is 1.89 bits per heavy atom. The van der Waals surface area contributed by atoms with Crippen LogP contribution >= 0.6 is 11.8 Å². The fourth-order valence-electron chi connectivity index (χ4n) is 2.69. The zero-order valence-electron chi connectivity index (χ0n) is 12.1. The molecule has 0 aliphatic heterocycles. The van der Waals surface area contributed by atoms with E-state index in [1.807, 2.05) is 20.1 Å². The number of amides is 1. The van der Waals surface area contributed by atoms with Gasteiger partial charge in [-0.2, -0.15) is 11.8 Å². The monoisotopic (exact) mass is 273 g/mol. The second-order valence-electron chi connectivity index (χ2n) is 6.32. The zero-order valence-corrected chi connectivity index (χ0v) is 12.9. The molecule has 2 N–H and O–H groups in total. The van der Waals surface area contributed by atoms with Crippen LogP contribution in [0.5, 0.6) is 0 Å². The number of rotatable bonds is 6. The average molecular weight is 273 g/mol. The molecule has 0 bridgehead atoms. The van der Waals surface area contributed by atoms with E-state index in [9.17, 15) is 9.90 Å². The first-order valence-corrected chi connectivity index (χ1v) is 8.18. The summed E-state index contributed by atoms with van der Waals surface area (Å²) in [4.78, 5) is 12.3. The van der Waals surface area contributed by atoms with Gasteiger partial charge in [0.1, 0.15) is 0 Å². The van der Waals surface area contributed by atoms with Gasteiger partial charge < -0.3 is 10.4 Å². The molecule has 1 atom stereocenters. The van der Waals surface area contributed by atoms with E-state index in [1.54, 1.807) is 18.7 Å². The van der Waals surface area contributed by atoms with Gasteiger partial charge in [0.25, 0.3) is 0 Å². The summed E-state index contributed by atoms with van der Waals surface area (Å²) in [5.74, 6) is 1.20. The summed E-state index contributed by atoms with van der Waals surface area (Å²) in [7, 11) is 0. The lowest BCUT2D eigenvalue weighted by Gasteiger charge is -2.32. The standard InChI is InChI=1S/C14H27NO2S/c1-13(2,11-7-5-6-8-11)12(16)15-9-14(3,17)10-18-4/h11,17H,5-10H2,1-4H3,(H,15,16). The van der Waals surface area contributed by atoms with Crippen LogP contribution in [0.1, 0.15) is 46.5 Å². The van der Waals surface area contributed by atoms with Crippen LogP contribution in [0.4, 0.5) is 0 Å². The second-order valence-corrected chi connectivity index (χ2v) is 7.18. The zero-order chi connectivity index (χ0) is 13.8. The maximum atomic E-state index is 12.3. The topological polar surface area (TPSA) is 49.3 Å². The summed E-state index contributed by atoms with van der Waals surface area (Å²) in [5, 5.41) is 13.0. The summed E-state index contributed by atoms with van der Waals surface area (Å²) < 4.78 is 0. The molecule has 18 heavy (non-hydrogen) atoms. The van der Waals surface area contributed by atoms with Crippen LogP contribution in [0.15, 0.2) is 0 Å². The third-order valence-corrected chi connectivity index (χ3v) is 4.96. The van der Waals surface area contributed by atoms with E-state index >= 15 is 0 Å². The largest absolute Gasteiger partial charge is 0.387 e. The van der Waals surface area contributed by atoms with Gasteiger partial charge >= 0.3 is 0 Å².